The number of benzene rings is 1. The van der Waals surface area contributed by atoms with Crippen molar-refractivity contribution in [2.24, 2.45) is 26.6 Å². The van der Waals surface area contributed by atoms with Gasteiger partial charge < -0.3 is 10.5 Å². The summed E-state index contributed by atoms with van der Waals surface area (Å²) in [5.74, 6) is 1.07. The molecule has 9 heteroatoms. The summed E-state index contributed by atoms with van der Waals surface area (Å²) in [4.78, 5) is 23.6. The smallest absolute Gasteiger partial charge is 0.261 e. The number of hydrogen-bond acceptors (Lipinski definition) is 7. The first-order valence-electron chi connectivity index (χ1n) is 12.2. The van der Waals surface area contributed by atoms with Crippen LogP contribution in [0.1, 0.15) is 63.5 Å². The van der Waals surface area contributed by atoms with E-state index < -0.39 is 12.9 Å². The summed E-state index contributed by atoms with van der Waals surface area (Å²) in [6.45, 7) is 9.36. The van der Waals surface area contributed by atoms with Crippen molar-refractivity contribution >= 4 is 35.5 Å². The average molecular weight is 525 g/mol. The number of nitrogens with zero attached hydrogens (tertiary/aromatic N) is 3. The third kappa shape index (κ3) is 5.45. The summed E-state index contributed by atoms with van der Waals surface area (Å²) >= 11 is 1.45. The first kappa shape index (κ1) is 26.2. The predicted molar refractivity (Wildman–Crippen MR) is 150 cm³/mol. The second-order valence-corrected chi connectivity index (χ2v) is 13.2. The molecule has 1 aliphatic carbocycles. The van der Waals surface area contributed by atoms with E-state index >= 15 is 0 Å². The van der Waals surface area contributed by atoms with E-state index in [9.17, 15) is 9.47 Å². The summed E-state index contributed by atoms with van der Waals surface area (Å²) in [7, 11) is -3.19. The van der Waals surface area contributed by atoms with E-state index in [2.05, 4.69) is 40.8 Å². The van der Waals surface area contributed by atoms with Gasteiger partial charge in [-0.25, -0.2) is 9.98 Å². The van der Waals surface area contributed by atoms with Crippen LogP contribution in [0.4, 0.5) is 0 Å². The largest absolute Gasteiger partial charge is 0.464 e. The number of allylic oxidation sites excluding steroid dienone is 1. The highest BCUT2D eigenvalue weighted by molar-refractivity contribution is 7.70. The van der Waals surface area contributed by atoms with Crippen molar-refractivity contribution in [2.45, 2.75) is 58.0 Å². The molecule has 190 valence electrons. The summed E-state index contributed by atoms with van der Waals surface area (Å²) in [5, 5.41) is 4.24. The van der Waals surface area contributed by atoms with Crippen LogP contribution >= 0.6 is 18.6 Å². The first-order valence-corrected chi connectivity index (χ1v) is 15.0. The van der Waals surface area contributed by atoms with Crippen LogP contribution in [0.15, 0.2) is 80.2 Å². The number of hydrogen-bond donors (Lipinski definition) is 1. The Morgan fingerprint density at radius 3 is 2.50 bits per heavy atom. The molecule has 1 unspecified atom stereocenters. The Labute approximate surface area is 216 Å². The Hall–Kier alpha value is -2.83. The minimum absolute atomic E-state index is 0.259. The molecule has 1 fully saturated rings. The molecule has 2 aliphatic rings. The standard InChI is InChI=1S/C27H33N4O3PS/c1-5-29-26-24(18(2)28)30-25(27(3,4)34-26)22-12-10-21(11-13-22)20-8-6-19(7-9-20)16-35(33,31-32)23-14-15-36-17-23/h5,10-15,17,19-20H,1,6-9,16,28H2,2-4H3/b24-18-,29-26+/t19-,20-,35?. The second kappa shape index (κ2) is 10.7. The summed E-state index contributed by atoms with van der Waals surface area (Å²) in [6, 6.07) is 10.3. The van der Waals surface area contributed by atoms with Crippen LogP contribution in [0.2, 0.25) is 0 Å². The Morgan fingerprint density at radius 2 is 1.94 bits per heavy atom. The molecule has 4 rings (SSSR count). The molecular formula is C27H33N4O3PS. The SMILES string of the molecule is C=C/N=C1/OC(C)(C)C(c2ccc([C@H]3CC[C@H](CP(=O)(N=O)c4ccsc4)CC3)cc2)=N/C1=C(/C)N. The fourth-order valence-electron chi connectivity index (χ4n) is 5.06. The van der Waals surface area contributed by atoms with E-state index in [1.54, 1.807) is 18.4 Å². The number of aliphatic imine (C=N–C) groups is 2. The van der Waals surface area contributed by atoms with E-state index in [0.29, 0.717) is 34.7 Å². The number of ether oxygens (including phenoxy) is 1. The molecule has 1 aliphatic heterocycles. The van der Waals surface area contributed by atoms with Crippen LogP contribution < -0.4 is 11.0 Å². The topological polar surface area (TPSA) is 106 Å². The van der Waals surface area contributed by atoms with Crippen LogP contribution in [-0.4, -0.2) is 23.4 Å². The number of thiophene rings is 1. The maximum absolute atomic E-state index is 13.1. The van der Waals surface area contributed by atoms with E-state index in [-0.39, 0.29) is 5.92 Å². The van der Waals surface area contributed by atoms with Crippen LogP contribution in [0.25, 0.3) is 0 Å². The number of rotatable bonds is 7. The van der Waals surface area contributed by atoms with Gasteiger partial charge in [-0.1, -0.05) is 30.8 Å². The molecule has 2 heterocycles. The van der Waals surface area contributed by atoms with E-state index in [4.69, 9.17) is 15.5 Å². The number of nitroso groups, excluding NO2 is 1. The van der Waals surface area contributed by atoms with Gasteiger partial charge in [0, 0.05) is 34.3 Å². The van der Waals surface area contributed by atoms with Crippen LogP contribution in [0.3, 0.4) is 0 Å². The van der Waals surface area contributed by atoms with Crippen molar-refractivity contribution in [1.29, 1.82) is 0 Å². The Morgan fingerprint density at radius 1 is 1.25 bits per heavy atom. The third-order valence-electron chi connectivity index (χ3n) is 6.98. The molecule has 2 N–H and O–H groups in total. The lowest BCUT2D eigenvalue weighted by molar-refractivity contribution is 0.164. The summed E-state index contributed by atoms with van der Waals surface area (Å²) < 4.78 is 19.3. The van der Waals surface area contributed by atoms with E-state index in [1.165, 1.54) is 23.1 Å². The van der Waals surface area contributed by atoms with E-state index in [0.717, 1.165) is 37.0 Å². The molecule has 7 nitrogen and oxygen atoms in total. The first-order chi connectivity index (χ1) is 17.2. The van der Waals surface area contributed by atoms with Gasteiger partial charge in [-0.3, -0.25) is 4.57 Å². The normalized spacial score (nSPS) is 25.9. The van der Waals surface area contributed by atoms with Gasteiger partial charge in [0.15, 0.2) is 0 Å². The zero-order chi connectivity index (χ0) is 25.9. The quantitative estimate of drug-likeness (QED) is 0.320. The molecule has 2 aromatic rings. The molecule has 0 amide bonds. The van der Waals surface area contributed by atoms with Crippen molar-refractivity contribution in [1.82, 2.24) is 0 Å². The Kier molecular flexibility index (Phi) is 7.76. The molecule has 0 spiro atoms. The summed E-state index contributed by atoms with van der Waals surface area (Å²) in [5.41, 5.74) is 9.49. The Balaban J connectivity index is 1.46. The van der Waals surface area contributed by atoms with Gasteiger partial charge in [0.1, 0.15) is 11.3 Å². The lowest BCUT2D eigenvalue weighted by Crippen LogP contribution is -2.42. The molecule has 0 radical (unpaired) electrons. The predicted octanol–water partition coefficient (Wildman–Crippen LogP) is 6.72. The molecule has 0 saturated heterocycles. The lowest BCUT2D eigenvalue weighted by Gasteiger charge is -2.33. The Bertz CT molecular complexity index is 1250. The van der Waals surface area contributed by atoms with E-state index in [1.807, 2.05) is 19.2 Å². The monoisotopic (exact) mass is 524 g/mol. The van der Waals surface area contributed by atoms with Crippen molar-refractivity contribution in [3.8, 4) is 0 Å². The third-order valence-corrected chi connectivity index (χ3v) is 10.2. The molecule has 0 bridgehead atoms. The van der Waals surface area contributed by atoms with Crippen molar-refractivity contribution in [3.63, 3.8) is 0 Å². The summed E-state index contributed by atoms with van der Waals surface area (Å²) in [6.07, 6.45) is 5.69. The highest BCUT2D eigenvalue weighted by Gasteiger charge is 2.37. The molecule has 36 heavy (non-hydrogen) atoms. The van der Waals surface area contributed by atoms with Gasteiger partial charge in [0.2, 0.25) is 5.90 Å². The van der Waals surface area contributed by atoms with Crippen LogP contribution in [-0.2, 0) is 9.30 Å². The maximum atomic E-state index is 13.1. The molecule has 1 aromatic carbocycles. The number of nitrogens with two attached hydrogens (primary N) is 1. The maximum Gasteiger partial charge on any atom is 0.261 e. The minimum Gasteiger partial charge on any atom is -0.464 e. The molecular weight excluding hydrogens is 491 g/mol. The highest BCUT2D eigenvalue weighted by atomic mass is 32.1. The highest BCUT2D eigenvalue weighted by Crippen LogP contribution is 2.51. The molecule has 1 saturated carbocycles. The van der Waals surface area contributed by atoms with Gasteiger partial charge in [-0.2, -0.15) is 11.3 Å². The minimum atomic E-state index is -3.19. The van der Waals surface area contributed by atoms with Crippen molar-refractivity contribution < 1.29 is 9.30 Å². The lowest BCUT2D eigenvalue weighted by atomic mass is 9.79. The zero-order valence-electron chi connectivity index (χ0n) is 21.0. The van der Waals surface area contributed by atoms with Crippen molar-refractivity contribution in [2.75, 3.05) is 6.16 Å². The second-order valence-electron chi connectivity index (χ2n) is 10.0. The van der Waals surface area contributed by atoms with Crippen LogP contribution in [0.5, 0.6) is 0 Å². The van der Waals surface area contributed by atoms with Gasteiger partial charge in [0.25, 0.3) is 7.29 Å². The molecule has 1 aromatic heterocycles. The van der Waals surface area contributed by atoms with Crippen LogP contribution in [0, 0.1) is 10.8 Å². The van der Waals surface area contributed by atoms with Gasteiger partial charge >= 0.3 is 0 Å². The van der Waals surface area contributed by atoms with Gasteiger partial charge in [0.05, 0.1) is 5.71 Å². The fourth-order valence-corrected chi connectivity index (χ4v) is 8.26. The average Bonchev–Trinajstić information content (AvgIpc) is 3.40. The molecule has 1 atom stereocenters. The fraction of sp³-hybridized carbons (Fsp3) is 0.407. The van der Waals surface area contributed by atoms with Gasteiger partial charge in [-0.15, -0.1) is 4.91 Å². The van der Waals surface area contributed by atoms with Crippen molar-refractivity contribution in [3.05, 3.63) is 81.3 Å². The van der Waals surface area contributed by atoms with Gasteiger partial charge in [-0.05, 0) is 80.2 Å². The zero-order valence-corrected chi connectivity index (χ0v) is 22.7.